The standard InChI is InChI=1S/C27H31N3O3/c1-5-24(26(31)29-21-12-8-6-10-18(21)4)33-27(32)25-19-11-7-9-13-22(19)28-23-14-15-30(17(2)3)16-20(23)25/h6-13,17,24H,5,14-16H2,1-4H3,(H,29,31). The molecule has 6 heteroatoms. The second kappa shape index (κ2) is 9.71. The minimum absolute atomic E-state index is 0.323. The lowest BCUT2D eigenvalue weighted by atomic mass is 9.95. The SMILES string of the molecule is CCC(OC(=O)c1c2c(nc3ccccc13)CCN(C(C)C)C2)C(=O)Nc1ccccc1C. The summed E-state index contributed by atoms with van der Waals surface area (Å²) < 4.78 is 5.83. The van der Waals surface area contributed by atoms with Crippen molar-refractivity contribution in [3.05, 3.63) is 70.9 Å². The minimum Gasteiger partial charge on any atom is -0.449 e. The number of anilines is 1. The highest BCUT2D eigenvalue weighted by Crippen LogP contribution is 2.30. The molecule has 0 aliphatic carbocycles. The molecule has 0 radical (unpaired) electrons. The summed E-state index contributed by atoms with van der Waals surface area (Å²) in [5.74, 6) is -0.793. The summed E-state index contributed by atoms with van der Waals surface area (Å²) >= 11 is 0. The molecule has 1 N–H and O–H groups in total. The number of benzene rings is 2. The van der Waals surface area contributed by atoms with E-state index in [1.807, 2.05) is 62.4 Å². The summed E-state index contributed by atoms with van der Waals surface area (Å²) in [5.41, 5.74) is 4.83. The number of para-hydroxylation sites is 2. The number of pyridine rings is 1. The van der Waals surface area contributed by atoms with E-state index in [9.17, 15) is 9.59 Å². The number of carbonyl (C=O) groups is 2. The van der Waals surface area contributed by atoms with Crippen molar-refractivity contribution in [2.24, 2.45) is 0 Å². The molecule has 1 atom stereocenters. The van der Waals surface area contributed by atoms with Gasteiger partial charge in [-0.25, -0.2) is 4.79 Å². The number of aromatic nitrogens is 1. The van der Waals surface area contributed by atoms with Gasteiger partial charge in [0.15, 0.2) is 6.10 Å². The van der Waals surface area contributed by atoms with Gasteiger partial charge in [0.1, 0.15) is 0 Å². The van der Waals surface area contributed by atoms with Gasteiger partial charge >= 0.3 is 5.97 Å². The van der Waals surface area contributed by atoms with Gasteiger partial charge in [0, 0.05) is 47.9 Å². The minimum atomic E-state index is -0.885. The van der Waals surface area contributed by atoms with E-state index < -0.39 is 12.1 Å². The molecule has 0 saturated carbocycles. The van der Waals surface area contributed by atoms with Crippen molar-refractivity contribution in [1.29, 1.82) is 0 Å². The van der Waals surface area contributed by atoms with Gasteiger partial charge in [-0.1, -0.05) is 43.3 Å². The molecule has 172 valence electrons. The second-order valence-electron chi connectivity index (χ2n) is 8.85. The third-order valence-electron chi connectivity index (χ3n) is 6.33. The summed E-state index contributed by atoms with van der Waals surface area (Å²) in [5, 5.41) is 3.67. The smallest absolute Gasteiger partial charge is 0.340 e. The zero-order valence-corrected chi connectivity index (χ0v) is 19.7. The van der Waals surface area contributed by atoms with E-state index in [-0.39, 0.29) is 5.91 Å². The number of nitrogens with one attached hydrogen (secondary N) is 1. The first kappa shape index (κ1) is 22.9. The van der Waals surface area contributed by atoms with Gasteiger partial charge in [-0.3, -0.25) is 14.7 Å². The third-order valence-corrected chi connectivity index (χ3v) is 6.33. The number of rotatable bonds is 6. The first-order valence-corrected chi connectivity index (χ1v) is 11.6. The molecule has 4 rings (SSSR count). The molecule has 0 fully saturated rings. The van der Waals surface area contributed by atoms with Crippen molar-refractivity contribution >= 4 is 28.5 Å². The fourth-order valence-corrected chi connectivity index (χ4v) is 4.32. The fourth-order valence-electron chi connectivity index (χ4n) is 4.32. The Labute approximate surface area is 195 Å². The number of fused-ring (bicyclic) bond motifs is 2. The molecule has 0 spiro atoms. The number of carbonyl (C=O) groups excluding carboxylic acids is 2. The first-order valence-electron chi connectivity index (χ1n) is 11.6. The number of hydrogen-bond donors (Lipinski definition) is 1. The van der Waals surface area contributed by atoms with E-state index >= 15 is 0 Å². The number of hydrogen-bond acceptors (Lipinski definition) is 5. The Balaban J connectivity index is 1.66. The van der Waals surface area contributed by atoms with Crippen LogP contribution < -0.4 is 5.32 Å². The van der Waals surface area contributed by atoms with Crippen molar-refractivity contribution < 1.29 is 14.3 Å². The molecule has 1 aliphatic heterocycles. The molecule has 0 saturated heterocycles. The molecule has 1 aliphatic rings. The van der Waals surface area contributed by atoms with Crippen LogP contribution in [0.15, 0.2) is 48.5 Å². The molecular formula is C27H31N3O3. The van der Waals surface area contributed by atoms with E-state index in [0.717, 1.165) is 46.4 Å². The summed E-state index contributed by atoms with van der Waals surface area (Å²) in [7, 11) is 0. The molecule has 0 bridgehead atoms. The van der Waals surface area contributed by atoms with Crippen molar-refractivity contribution in [3.63, 3.8) is 0 Å². The maximum atomic E-state index is 13.6. The topological polar surface area (TPSA) is 71.5 Å². The summed E-state index contributed by atoms with van der Waals surface area (Å²) in [6, 6.07) is 15.6. The van der Waals surface area contributed by atoms with Gasteiger partial charge in [0.05, 0.1) is 11.1 Å². The van der Waals surface area contributed by atoms with Crippen LogP contribution in [0, 0.1) is 6.92 Å². The van der Waals surface area contributed by atoms with Crippen LogP contribution in [-0.4, -0.2) is 40.5 Å². The quantitative estimate of drug-likeness (QED) is 0.548. The highest BCUT2D eigenvalue weighted by Gasteiger charge is 2.30. The van der Waals surface area contributed by atoms with Gasteiger partial charge in [-0.15, -0.1) is 0 Å². The van der Waals surface area contributed by atoms with Crippen LogP contribution in [-0.2, 0) is 22.5 Å². The van der Waals surface area contributed by atoms with Crippen molar-refractivity contribution in [1.82, 2.24) is 9.88 Å². The van der Waals surface area contributed by atoms with Crippen molar-refractivity contribution in [3.8, 4) is 0 Å². The van der Waals surface area contributed by atoms with E-state index in [1.165, 1.54) is 0 Å². The van der Waals surface area contributed by atoms with Crippen LogP contribution >= 0.6 is 0 Å². The average Bonchev–Trinajstić information content (AvgIpc) is 2.81. The van der Waals surface area contributed by atoms with Crippen LogP contribution in [0.3, 0.4) is 0 Å². The normalized spacial score (nSPS) is 14.7. The number of nitrogens with zero attached hydrogens (tertiary/aromatic N) is 2. The molecule has 6 nitrogen and oxygen atoms in total. The average molecular weight is 446 g/mol. The highest BCUT2D eigenvalue weighted by molar-refractivity contribution is 6.06. The lowest BCUT2D eigenvalue weighted by Gasteiger charge is -2.32. The van der Waals surface area contributed by atoms with E-state index in [2.05, 4.69) is 24.1 Å². The Morgan fingerprint density at radius 2 is 1.85 bits per heavy atom. The molecule has 1 amide bonds. The second-order valence-corrected chi connectivity index (χ2v) is 8.85. The van der Waals surface area contributed by atoms with Crippen molar-refractivity contribution in [2.75, 3.05) is 11.9 Å². The Hall–Kier alpha value is -3.25. The van der Waals surface area contributed by atoms with E-state index in [0.29, 0.717) is 24.6 Å². The third kappa shape index (κ3) is 4.76. The van der Waals surface area contributed by atoms with Crippen LogP contribution in [0.1, 0.15) is 54.4 Å². The molecule has 2 aromatic carbocycles. The number of amides is 1. The molecule has 3 aromatic rings. The van der Waals surface area contributed by atoms with Crippen molar-refractivity contribution in [2.45, 2.75) is 59.2 Å². The predicted molar refractivity (Wildman–Crippen MR) is 130 cm³/mol. The summed E-state index contributed by atoms with van der Waals surface area (Å²) in [6.07, 6.45) is 0.278. The zero-order chi connectivity index (χ0) is 23.5. The molecular weight excluding hydrogens is 414 g/mol. The van der Waals surface area contributed by atoms with Crippen LogP contribution in [0.5, 0.6) is 0 Å². The van der Waals surface area contributed by atoms with Gasteiger partial charge in [-0.05, 0) is 44.9 Å². The van der Waals surface area contributed by atoms with Gasteiger partial charge in [0.2, 0.25) is 0 Å². The van der Waals surface area contributed by atoms with Gasteiger partial charge in [-0.2, -0.15) is 0 Å². The maximum absolute atomic E-state index is 13.6. The maximum Gasteiger partial charge on any atom is 0.340 e. The summed E-state index contributed by atoms with van der Waals surface area (Å²) in [6.45, 7) is 9.62. The van der Waals surface area contributed by atoms with E-state index in [1.54, 1.807) is 0 Å². The highest BCUT2D eigenvalue weighted by atomic mass is 16.5. The van der Waals surface area contributed by atoms with Gasteiger partial charge in [0.25, 0.3) is 5.91 Å². The Morgan fingerprint density at radius 1 is 1.12 bits per heavy atom. The molecule has 2 heterocycles. The lowest BCUT2D eigenvalue weighted by Crippen LogP contribution is -2.38. The molecule has 33 heavy (non-hydrogen) atoms. The lowest BCUT2D eigenvalue weighted by molar-refractivity contribution is -0.124. The summed E-state index contributed by atoms with van der Waals surface area (Å²) in [4.78, 5) is 33.7. The Kier molecular flexibility index (Phi) is 6.75. The Bertz CT molecular complexity index is 1190. The monoisotopic (exact) mass is 445 g/mol. The Morgan fingerprint density at radius 3 is 2.58 bits per heavy atom. The van der Waals surface area contributed by atoms with Crippen LogP contribution in [0.2, 0.25) is 0 Å². The first-order chi connectivity index (χ1) is 15.9. The van der Waals surface area contributed by atoms with Gasteiger partial charge < -0.3 is 10.1 Å². The zero-order valence-electron chi connectivity index (χ0n) is 19.7. The van der Waals surface area contributed by atoms with Crippen LogP contribution in [0.4, 0.5) is 5.69 Å². The number of ether oxygens (including phenoxy) is 1. The van der Waals surface area contributed by atoms with Crippen LogP contribution in [0.25, 0.3) is 10.9 Å². The number of esters is 1. The number of aryl methyl sites for hydroxylation is 1. The van der Waals surface area contributed by atoms with E-state index in [4.69, 9.17) is 9.72 Å². The fraction of sp³-hybridized carbons (Fsp3) is 0.370. The molecule has 1 aromatic heterocycles. The largest absolute Gasteiger partial charge is 0.449 e. The predicted octanol–water partition coefficient (Wildman–Crippen LogP) is 4.88. The molecule has 1 unspecified atom stereocenters.